The number of ketones is 1. The number of carboxylic acids is 1. The fraction of sp³-hybridized carbons (Fsp3) is 0.818. The molecular weight excluding hydrogens is 180 g/mol. The van der Waals surface area contributed by atoms with Crippen LogP contribution in [0.5, 0.6) is 0 Å². The third kappa shape index (κ3) is 2.56. The first-order valence-electron chi connectivity index (χ1n) is 5.42. The molecule has 0 aliphatic heterocycles. The molecule has 2 unspecified atom stereocenters. The van der Waals surface area contributed by atoms with Gasteiger partial charge in [0.05, 0.1) is 5.92 Å². The summed E-state index contributed by atoms with van der Waals surface area (Å²) in [4.78, 5) is 22.6. The van der Waals surface area contributed by atoms with Gasteiger partial charge in [-0.05, 0) is 19.3 Å². The van der Waals surface area contributed by atoms with Crippen molar-refractivity contribution in [2.75, 3.05) is 0 Å². The number of hydrogen-bond acceptors (Lipinski definition) is 2. The molecule has 3 heteroatoms. The highest BCUT2D eigenvalue weighted by atomic mass is 16.4. The minimum atomic E-state index is -0.792. The van der Waals surface area contributed by atoms with E-state index in [9.17, 15) is 9.59 Å². The number of aliphatic carboxylic acids is 1. The number of Topliss-reactive ketones (excluding diaryl/α,β-unsaturated/α-hetero) is 1. The van der Waals surface area contributed by atoms with Gasteiger partial charge in [0, 0.05) is 12.3 Å². The van der Waals surface area contributed by atoms with Gasteiger partial charge in [0.15, 0.2) is 0 Å². The number of rotatable bonds is 4. The summed E-state index contributed by atoms with van der Waals surface area (Å²) in [5.41, 5.74) is 0. The first kappa shape index (κ1) is 11.2. The Morgan fingerprint density at radius 3 is 2.29 bits per heavy atom. The molecule has 2 atom stereocenters. The molecule has 0 aromatic heterocycles. The van der Waals surface area contributed by atoms with Crippen LogP contribution in [-0.2, 0) is 9.59 Å². The SMILES string of the molecule is CCCC(=O)C1CCCCC1C(=O)O. The second kappa shape index (κ2) is 5.13. The normalized spacial score (nSPS) is 27.2. The van der Waals surface area contributed by atoms with Crippen LogP contribution < -0.4 is 0 Å². The third-order valence-electron chi connectivity index (χ3n) is 2.99. The lowest BCUT2D eigenvalue weighted by molar-refractivity contribution is -0.148. The van der Waals surface area contributed by atoms with Gasteiger partial charge in [-0.1, -0.05) is 19.8 Å². The summed E-state index contributed by atoms with van der Waals surface area (Å²) in [6.45, 7) is 1.95. The monoisotopic (exact) mass is 198 g/mol. The molecule has 3 nitrogen and oxygen atoms in total. The van der Waals surface area contributed by atoms with Crippen LogP contribution >= 0.6 is 0 Å². The molecule has 0 amide bonds. The molecule has 0 saturated heterocycles. The van der Waals surface area contributed by atoms with Crippen LogP contribution in [-0.4, -0.2) is 16.9 Å². The highest BCUT2D eigenvalue weighted by Crippen LogP contribution is 2.31. The zero-order chi connectivity index (χ0) is 10.6. The highest BCUT2D eigenvalue weighted by Gasteiger charge is 2.34. The molecule has 0 bridgehead atoms. The Kier molecular flexibility index (Phi) is 4.11. The number of hydrogen-bond donors (Lipinski definition) is 1. The summed E-state index contributed by atoms with van der Waals surface area (Å²) < 4.78 is 0. The Balaban J connectivity index is 2.62. The van der Waals surface area contributed by atoms with Crippen LogP contribution in [0.1, 0.15) is 45.4 Å². The van der Waals surface area contributed by atoms with Crippen molar-refractivity contribution >= 4 is 11.8 Å². The van der Waals surface area contributed by atoms with E-state index in [0.717, 1.165) is 25.7 Å². The summed E-state index contributed by atoms with van der Waals surface area (Å²) in [6, 6.07) is 0. The molecule has 14 heavy (non-hydrogen) atoms. The van der Waals surface area contributed by atoms with Crippen molar-refractivity contribution in [2.24, 2.45) is 11.8 Å². The van der Waals surface area contributed by atoms with E-state index in [-0.39, 0.29) is 11.7 Å². The number of carbonyl (C=O) groups excluding carboxylic acids is 1. The van der Waals surface area contributed by atoms with Crippen LogP contribution in [0.25, 0.3) is 0 Å². The lowest BCUT2D eigenvalue weighted by Crippen LogP contribution is -2.32. The third-order valence-corrected chi connectivity index (χ3v) is 2.99. The fourth-order valence-electron chi connectivity index (χ4n) is 2.24. The van der Waals surface area contributed by atoms with Crippen molar-refractivity contribution in [3.63, 3.8) is 0 Å². The van der Waals surface area contributed by atoms with Crippen molar-refractivity contribution in [2.45, 2.75) is 45.4 Å². The average Bonchev–Trinajstić information content (AvgIpc) is 2.18. The van der Waals surface area contributed by atoms with Crippen LogP contribution in [0, 0.1) is 11.8 Å². The zero-order valence-electron chi connectivity index (χ0n) is 8.66. The molecule has 1 fully saturated rings. The predicted octanol–water partition coefficient (Wildman–Crippen LogP) is 2.25. The summed E-state index contributed by atoms with van der Waals surface area (Å²) in [5, 5.41) is 8.97. The Bertz CT molecular complexity index is 223. The first-order chi connectivity index (χ1) is 6.66. The van der Waals surface area contributed by atoms with E-state index in [4.69, 9.17) is 5.11 Å². The summed E-state index contributed by atoms with van der Waals surface area (Å²) in [6.07, 6.45) is 4.76. The number of carbonyl (C=O) groups is 2. The second-order valence-electron chi connectivity index (χ2n) is 4.05. The van der Waals surface area contributed by atoms with Gasteiger partial charge in [-0.3, -0.25) is 9.59 Å². The van der Waals surface area contributed by atoms with E-state index in [0.29, 0.717) is 12.8 Å². The van der Waals surface area contributed by atoms with E-state index in [1.54, 1.807) is 0 Å². The molecule has 0 aromatic rings. The largest absolute Gasteiger partial charge is 0.481 e. The maximum Gasteiger partial charge on any atom is 0.307 e. The molecule has 1 aliphatic rings. The van der Waals surface area contributed by atoms with Crippen molar-refractivity contribution < 1.29 is 14.7 Å². The van der Waals surface area contributed by atoms with E-state index >= 15 is 0 Å². The molecule has 1 N–H and O–H groups in total. The van der Waals surface area contributed by atoms with Crippen LogP contribution in [0.4, 0.5) is 0 Å². The molecule has 80 valence electrons. The smallest absolute Gasteiger partial charge is 0.307 e. The maximum absolute atomic E-state index is 11.6. The molecule has 1 saturated carbocycles. The van der Waals surface area contributed by atoms with Gasteiger partial charge in [0.1, 0.15) is 5.78 Å². The Morgan fingerprint density at radius 2 is 1.79 bits per heavy atom. The Hall–Kier alpha value is -0.860. The van der Waals surface area contributed by atoms with E-state index in [1.165, 1.54) is 0 Å². The first-order valence-corrected chi connectivity index (χ1v) is 5.42. The minimum absolute atomic E-state index is 0.152. The van der Waals surface area contributed by atoms with Gasteiger partial charge >= 0.3 is 5.97 Å². The topological polar surface area (TPSA) is 54.4 Å². The van der Waals surface area contributed by atoms with Crippen molar-refractivity contribution in [3.05, 3.63) is 0 Å². The Morgan fingerprint density at radius 1 is 1.21 bits per heavy atom. The van der Waals surface area contributed by atoms with Gasteiger partial charge in [0.2, 0.25) is 0 Å². The molecule has 0 aromatic carbocycles. The van der Waals surface area contributed by atoms with Gasteiger partial charge in [-0.25, -0.2) is 0 Å². The lowest BCUT2D eigenvalue weighted by atomic mass is 9.76. The number of carboxylic acid groups (broad SMARTS) is 1. The lowest BCUT2D eigenvalue weighted by Gasteiger charge is -2.27. The molecule has 0 heterocycles. The Labute approximate surface area is 84.5 Å². The molecule has 1 rings (SSSR count). The summed E-state index contributed by atoms with van der Waals surface area (Å²) in [7, 11) is 0. The fourth-order valence-corrected chi connectivity index (χ4v) is 2.24. The highest BCUT2D eigenvalue weighted by molar-refractivity contribution is 5.86. The standard InChI is InChI=1S/C11H18O3/c1-2-5-10(12)8-6-3-4-7-9(8)11(13)14/h8-9H,2-7H2,1H3,(H,13,14). The molecule has 0 radical (unpaired) electrons. The molecule has 0 spiro atoms. The average molecular weight is 198 g/mol. The van der Waals surface area contributed by atoms with Crippen molar-refractivity contribution in [1.29, 1.82) is 0 Å². The summed E-state index contributed by atoms with van der Waals surface area (Å²) in [5.74, 6) is -1.26. The van der Waals surface area contributed by atoms with E-state index in [1.807, 2.05) is 6.92 Å². The summed E-state index contributed by atoms with van der Waals surface area (Å²) >= 11 is 0. The van der Waals surface area contributed by atoms with Crippen molar-refractivity contribution in [3.8, 4) is 0 Å². The van der Waals surface area contributed by atoms with E-state index in [2.05, 4.69) is 0 Å². The quantitative estimate of drug-likeness (QED) is 0.753. The molecular formula is C11H18O3. The van der Waals surface area contributed by atoms with Gasteiger partial charge < -0.3 is 5.11 Å². The maximum atomic E-state index is 11.6. The minimum Gasteiger partial charge on any atom is -0.481 e. The predicted molar refractivity (Wildman–Crippen MR) is 53.0 cm³/mol. The van der Waals surface area contributed by atoms with Gasteiger partial charge in [-0.15, -0.1) is 0 Å². The molecule has 1 aliphatic carbocycles. The second-order valence-corrected chi connectivity index (χ2v) is 4.05. The van der Waals surface area contributed by atoms with Gasteiger partial charge in [-0.2, -0.15) is 0 Å². The van der Waals surface area contributed by atoms with Crippen LogP contribution in [0.15, 0.2) is 0 Å². The zero-order valence-corrected chi connectivity index (χ0v) is 8.66. The van der Waals surface area contributed by atoms with Crippen LogP contribution in [0.2, 0.25) is 0 Å². The van der Waals surface area contributed by atoms with Crippen molar-refractivity contribution in [1.82, 2.24) is 0 Å². The van der Waals surface area contributed by atoms with Gasteiger partial charge in [0.25, 0.3) is 0 Å². The van der Waals surface area contributed by atoms with E-state index < -0.39 is 11.9 Å². The van der Waals surface area contributed by atoms with Crippen LogP contribution in [0.3, 0.4) is 0 Å².